The van der Waals surface area contributed by atoms with Gasteiger partial charge in [-0.2, -0.15) is 0 Å². The van der Waals surface area contributed by atoms with E-state index in [2.05, 4.69) is 33.3 Å². The maximum Gasteiger partial charge on any atom is 0.148 e. The molecule has 4 heteroatoms. The van der Waals surface area contributed by atoms with Crippen LogP contribution in [0.5, 0.6) is 0 Å². The second kappa shape index (κ2) is 3.72. The SMILES string of the molecule is CCc1ccsc1-c1nc2ccncc2[nH]1. The molecule has 3 aromatic rings. The van der Waals surface area contributed by atoms with Crippen molar-refractivity contribution in [1.82, 2.24) is 15.0 Å². The highest BCUT2D eigenvalue weighted by Gasteiger charge is 2.09. The summed E-state index contributed by atoms with van der Waals surface area (Å²) in [5, 5.41) is 2.11. The van der Waals surface area contributed by atoms with Gasteiger partial charge < -0.3 is 4.98 Å². The number of aryl methyl sites for hydroxylation is 1. The summed E-state index contributed by atoms with van der Waals surface area (Å²) in [6.07, 6.45) is 4.61. The number of rotatable bonds is 2. The Morgan fingerprint density at radius 1 is 1.38 bits per heavy atom. The van der Waals surface area contributed by atoms with E-state index in [1.54, 1.807) is 17.5 Å². The standard InChI is InChI=1S/C12H11N3S/c1-2-8-4-6-16-11(8)12-14-9-3-5-13-7-10(9)15-12/h3-7H,2H2,1H3,(H,14,15). The summed E-state index contributed by atoms with van der Waals surface area (Å²) in [6, 6.07) is 4.08. The highest BCUT2D eigenvalue weighted by Crippen LogP contribution is 2.29. The Morgan fingerprint density at radius 3 is 3.12 bits per heavy atom. The lowest BCUT2D eigenvalue weighted by Gasteiger charge is -1.95. The lowest BCUT2D eigenvalue weighted by Crippen LogP contribution is -1.82. The average Bonchev–Trinajstić information content (AvgIpc) is 2.94. The van der Waals surface area contributed by atoms with Crippen molar-refractivity contribution in [1.29, 1.82) is 0 Å². The Hall–Kier alpha value is -1.68. The van der Waals surface area contributed by atoms with Gasteiger partial charge in [0.2, 0.25) is 0 Å². The number of aromatic nitrogens is 3. The third-order valence-electron chi connectivity index (χ3n) is 2.63. The van der Waals surface area contributed by atoms with Gasteiger partial charge in [0.1, 0.15) is 5.82 Å². The average molecular weight is 229 g/mol. The fourth-order valence-electron chi connectivity index (χ4n) is 1.79. The molecule has 0 radical (unpaired) electrons. The molecule has 0 unspecified atom stereocenters. The van der Waals surface area contributed by atoms with Crippen LogP contribution < -0.4 is 0 Å². The molecule has 3 heterocycles. The number of H-pyrrole nitrogens is 1. The number of pyridine rings is 1. The minimum absolute atomic E-state index is 0.954. The van der Waals surface area contributed by atoms with E-state index in [9.17, 15) is 0 Å². The van der Waals surface area contributed by atoms with Gasteiger partial charge in [-0.05, 0) is 29.5 Å². The first-order valence-corrected chi connectivity index (χ1v) is 6.13. The topological polar surface area (TPSA) is 41.6 Å². The fraction of sp³-hybridized carbons (Fsp3) is 0.167. The Morgan fingerprint density at radius 2 is 2.31 bits per heavy atom. The van der Waals surface area contributed by atoms with Crippen LogP contribution in [0, 0.1) is 0 Å². The first-order chi connectivity index (χ1) is 7.88. The number of thiophene rings is 1. The Kier molecular flexibility index (Phi) is 2.22. The molecule has 3 nitrogen and oxygen atoms in total. The number of nitrogens with one attached hydrogen (secondary N) is 1. The van der Waals surface area contributed by atoms with E-state index in [-0.39, 0.29) is 0 Å². The normalized spacial score (nSPS) is 11.1. The van der Waals surface area contributed by atoms with E-state index in [0.717, 1.165) is 23.3 Å². The highest BCUT2D eigenvalue weighted by atomic mass is 32.1. The van der Waals surface area contributed by atoms with Crippen LogP contribution in [0.2, 0.25) is 0 Å². The van der Waals surface area contributed by atoms with Crippen molar-refractivity contribution in [3.63, 3.8) is 0 Å². The molecule has 0 aliphatic rings. The summed E-state index contributed by atoms with van der Waals surface area (Å²) in [5.41, 5.74) is 3.31. The van der Waals surface area contributed by atoms with Crippen molar-refractivity contribution in [3.05, 3.63) is 35.5 Å². The van der Waals surface area contributed by atoms with E-state index in [0.29, 0.717) is 0 Å². The molecule has 3 aromatic heterocycles. The summed E-state index contributed by atoms with van der Waals surface area (Å²) < 4.78 is 0. The van der Waals surface area contributed by atoms with Crippen LogP contribution in [0.25, 0.3) is 21.7 Å². The van der Waals surface area contributed by atoms with Crippen LogP contribution >= 0.6 is 11.3 Å². The zero-order valence-electron chi connectivity index (χ0n) is 8.90. The Labute approximate surface area is 97.2 Å². The van der Waals surface area contributed by atoms with Gasteiger partial charge in [-0.15, -0.1) is 11.3 Å². The largest absolute Gasteiger partial charge is 0.336 e. The molecule has 0 aromatic carbocycles. The molecule has 0 bridgehead atoms. The summed E-state index contributed by atoms with van der Waals surface area (Å²) in [7, 11) is 0. The summed E-state index contributed by atoms with van der Waals surface area (Å²) in [5.74, 6) is 0.954. The summed E-state index contributed by atoms with van der Waals surface area (Å²) in [4.78, 5) is 13.2. The summed E-state index contributed by atoms with van der Waals surface area (Å²) >= 11 is 1.73. The van der Waals surface area contributed by atoms with Crippen molar-refractivity contribution in [2.75, 3.05) is 0 Å². The first-order valence-electron chi connectivity index (χ1n) is 5.25. The van der Waals surface area contributed by atoms with Crippen molar-refractivity contribution in [2.24, 2.45) is 0 Å². The maximum absolute atomic E-state index is 4.58. The van der Waals surface area contributed by atoms with E-state index in [4.69, 9.17) is 0 Å². The molecular formula is C12H11N3S. The van der Waals surface area contributed by atoms with Crippen molar-refractivity contribution in [3.8, 4) is 10.7 Å². The van der Waals surface area contributed by atoms with Gasteiger partial charge in [0, 0.05) is 6.20 Å². The lowest BCUT2D eigenvalue weighted by atomic mass is 10.2. The van der Waals surface area contributed by atoms with Crippen LogP contribution in [0.4, 0.5) is 0 Å². The molecule has 0 saturated heterocycles. The Bertz CT molecular complexity index is 591. The van der Waals surface area contributed by atoms with Gasteiger partial charge in [-0.3, -0.25) is 4.98 Å². The first kappa shape index (κ1) is 9.54. The van der Waals surface area contributed by atoms with Gasteiger partial charge in [-0.25, -0.2) is 4.98 Å². The number of nitrogens with zero attached hydrogens (tertiary/aromatic N) is 2. The number of fused-ring (bicyclic) bond motifs is 1. The molecule has 0 spiro atoms. The highest BCUT2D eigenvalue weighted by molar-refractivity contribution is 7.13. The van der Waals surface area contributed by atoms with Gasteiger partial charge in [0.15, 0.2) is 0 Å². The molecule has 1 N–H and O–H groups in total. The zero-order chi connectivity index (χ0) is 11.0. The monoisotopic (exact) mass is 229 g/mol. The van der Waals surface area contributed by atoms with Crippen LogP contribution in [-0.2, 0) is 6.42 Å². The number of hydrogen-bond donors (Lipinski definition) is 1. The number of hydrogen-bond acceptors (Lipinski definition) is 3. The second-order valence-corrected chi connectivity index (χ2v) is 4.52. The molecule has 0 atom stereocenters. The van der Waals surface area contributed by atoms with Crippen molar-refractivity contribution < 1.29 is 0 Å². The molecule has 0 fully saturated rings. The molecule has 3 rings (SSSR count). The predicted octanol–water partition coefficient (Wildman–Crippen LogP) is 3.25. The van der Waals surface area contributed by atoms with Gasteiger partial charge in [-0.1, -0.05) is 6.92 Å². The molecule has 0 aliphatic carbocycles. The Balaban J connectivity index is 2.19. The van der Waals surface area contributed by atoms with Crippen molar-refractivity contribution in [2.45, 2.75) is 13.3 Å². The van der Waals surface area contributed by atoms with E-state index in [1.807, 2.05) is 12.3 Å². The maximum atomic E-state index is 4.58. The fourth-order valence-corrected chi connectivity index (χ4v) is 2.73. The van der Waals surface area contributed by atoms with Crippen LogP contribution in [0.15, 0.2) is 29.9 Å². The van der Waals surface area contributed by atoms with Crippen molar-refractivity contribution >= 4 is 22.4 Å². The quantitative estimate of drug-likeness (QED) is 0.733. The molecule has 80 valence electrons. The third-order valence-corrected chi connectivity index (χ3v) is 3.59. The van der Waals surface area contributed by atoms with E-state index in [1.165, 1.54) is 10.4 Å². The molecular weight excluding hydrogens is 218 g/mol. The predicted molar refractivity (Wildman–Crippen MR) is 66.6 cm³/mol. The minimum atomic E-state index is 0.954. The van der Waals surface area contributed by atoms with Crippen LogP contribution in [-0.4, -0.2) is 15.0 Å². The molecule has 0 saturated carbocycles. The number of imidazole rings is 1. The number of aromatic amines is 1. The molecule has 0 amide bonds. The smallest absolute Gasteiger partial charge is 0.148 e. The van der Waals surface area contributed by atoms with E-state index >= 15 is 0 Å². The van der Waals surface area contributed by atoms with Crippen LogP contribution in [0.1, 0.15) is 12.5 Å². The van der Waals surface area contributed by atoms with Gasteiger partial charge in [0.05, 0.1) is 22.1 Å². The van der Waals surface area contributed by atoms with E-state index < -0.39 is 0 Å². The second-order valence-electron chi connectivity index (χ2n) is 3.61. The molecule has 16 heavy (non-hydrogen) atoms. The summed E-state index contributed by atoms with van der Waals surface area (Å²) in [6.45, 7) is 2.16. The third kappa shape index (κ3) is 1.42. The minimum Gasteiger partial charge on any atom is -0.336 e. The van der Waals surface area contributed by atoms with Gasteiger partial charge in [0.25, 0.3) is 0 Å². The van der Waals surface area contributed by atoms with Gasteiger partial charge >= 0.3 is 0 Å². The molecule has 0 aliphatic heterocycles. The zero-order valence-corrected chi connectivity index (χ0v) is 9.71. The van der Waals surface area contributed by atoms with Crippen LogP contribution in [0.3, 0.4) is 0 Å². The lowest BCUT2D eigenvalue weighted by molar-refractivity contribution is 1.15.